The SMILES string of the molecule is CC(=O)NCc1cc(=O)[nH]c(C(C)(C)C)n1. The molecular weight excluding hydrogens is 206 g/mol. The molecule has 0 aliphatic carbocycles. The number of carbonyl (C=O) groups is 1. The molecule has 1 aromatic rings. The van der Waals surface area contributed by atoms with E-state index in [1.807, 2.05) is 20.8 Å². The molecule has 0 bridgehead atoms. The van der Waals surface area contributed by atoms with Crippen LogP contribution in [0.1, 0.15) is 39.2 Å². The first-order valence-corrected chi connectivity index (χ1v) is 5.14. The van der Waals surface area contributed by atoms with E-state index in [1.165, 1.54) is 13.0 Å². The molecule has 0 radical (unpaired) electrons. The maximum Gasteiger partial charge on any atom is 0.251 e. The highest BCUT2D eigenvalue weighted by atomic mass is 16.1. The molecule has 0 aliphatic heterocycles. The molecule has 0 spiro atoms. The number of hydrogen-bond donors (Lipinski definition) is 2. The minimum absolute atomic E-state index is 0.139. The summed E-state index contributed by atoms with van der Waals surface area (Å²) in [5.74, 6) is 0.486. The standard InChI is InChI=1S/C11H17N3O2/c1-7(15)12-6-8-5-9(16)14-10(13-8)11(2,3)4/h5H,6H2,1-4H3,(H,12,15)(H,13,14,16). The van der Waals surface area contributed by atoms with E-state index in [2.05, 4.69) is 15.3 Å². The van der Waals surface area contributed by atoms with Crippen LogP contribution in [0, 0.1) is 0 Å². The molecule has 88 valence electrons. The number of aromatic nitrogens is 2. The van der Waals surface area contributed by atoms with Crippen LogP contribution in [-0.2, 0) is 16.8 Å². The van der Waals surface area contributed by atoms with Crippen LogP contribution in [-0.4, -0.2) is 15.9 Å². The second kappa shape index (κ2) is 4.47. The van der Waals surface area contributed by atoms with Crippen molar-refractivity contribution in [2.24, 2.45) is 0 Å². The lowest BCUT2D eigenvalue weighted by atomic mass is 9.95. The van der Waals surface area contributed by atoms with Gasteiger partial charge in [-0.25, -0.2) is 4.98 Å². The van der Waals surface area contributed by atoms with Gasteiger partial charge in [0.05, 0.1) is 12.2 Å². The Kier molecular flexibility index (Phi) is 3.47. The topological polar surface area (TPSA) is 74.8 Å². The monoisotopic (exact) mass is 223 g/mol. The smallest absolute Gasteiger partial charge is 0.251 e. The van der Waals surface area contributed by atoms with Gasteiger partial charge in [-0.2, -0.15) is 0 Å². The van der Waals surface area contributed by atoms with Crippen molar-refractivity contribution < 1.29 is 4.79 Å². The van der Waals surface area contributed by atoms with Crippen molar-refractivity contribution in [2.45, 2.75) is 39.7 Å². The third-order valence-electron chi connectivity index (χ3n) is 2.02. The van der Waals surface area contributed by atoms with E-state index in [4.69, 9.17) is 0 Å². The molecular formula is C11H17N3O2. The predicted octanol–water partition coefficient (Wildman–Crippen LogP) is 0.703. The Morgan fingerprint density at radius 2 is 2.12 bits per heavy atom. The summed E-state index contributed by atoms with van der Waals surface area (Å²) in [6.45, 7) is 7.61. The molecule has 2 N–H and O–H groups in total. The summed E-state index contributed by atoms with van der Waals surface area (Å²) in [7, 11) is 0. The number of nitrogens with zero attached hydrogens (tertiary/aromatic N) is 1. The Labute approximate surface area is 94.3 Å². The molecule has 1 heterocycles. The van der Waals surface area contributed by atoms with E-state index in [0.29, 0.717) is 11.5 Å². The van der Waals surface area contributed by atoms with Gasteiger partial charge in [0.1, 0.15) is 5.82 Å². The van der Waals surface area contributed by atoms with Gasteiger partial charge in [0.15, 0.2) is 0 Å². The van der Waals surface area contributed by atoms with Crippen molar-refractivity contribution in [2.75, 3.05) is 0 Å². The maximum absolute atomic E-state index is 11.4. The molecule has 0 saturated heterocycles. The summed E-state index contributed by atoms with van der Waals surface area (Å²) in [5.41, 5.74) is 0.162. The first-order valence-electron chi connectivity index (χ1n) is 5.14. The molecule has 5 nitrogen and oxygen atoms in total. The van der Waals surface area contributed by atoms with Crippen molar-refractivity contribution in [3.05, 3.63) is 27.9 Å². The van der Waals surface area contributed by atoms with Gasteiger partial charge < -0.3 is 10.3 Å². The Hall–Kier alpha value is -1.65. The summed E-state index contributed by atoms with van der Waals surface area (Å²) in [6.07, 6.45) is 0. The lowest BCUT2D eigenvalue weighted by Crippen LogP contribution is -2.26. The normalized spacial score (nSPS) is 11.2. The fourth-order valence-electron chi connectivity index (χ4n) is 1.17. The maximum atomic E-state index is 11.4. The zero-order valence-electron chi connectivity index (χ0n) is 10.0. The first kappa shape index (κ1) is 12.4. The van der Waals surface area contributed by atoms with Crippen LogP contribution < -0.4 is 10.9 Å². The average Bonchev–Trinajstić information content (AvgIpc) is 2.12. The van der Waals surface area contributed by atoms with Crippen LogP contribution in [0.25, 0.3) is 0 Å². The Balaban J connectivity index is 2.99. The Bertz CT molecular complexity index is 443. The zero-order chi connectivity index (χ0) is 12.3. The third-order valence-corrected chi connectivity index (χ3v) is 2.02. The lowest BCUT2D eigenvalue weighted by Gasteiger charge is -2.17. The fourth-order valence-corrected chi connectivity index (χ4v) is 1.17. The molecule has 0 aliphatic rings. The van der Waals surface area contributed by atoms with Crippen LogP contribution in [0.2, 0.25) is 0 Å². The van der Waals surface area contributed by atoms with Gasteiger partial charge in [-0.3, -0.25) is 9.59 Å². The van der Waals surface area contributed by atoms with Crippen LogP contribution in [0.5, 0.6) is 0 Å². The highest BCUT2D eigenvalue weighted by Gasteiger charge is 2.17. The number of rotatable bonds is 2. The number of H-pyrrole nitrogens is 1. The molecule has 16 heavy (non-hydrogen) atoms. The van der Waals surface area contributed by atoms with E-state index in [0.717, 1.165) is 0 Å². The van der Waals surface area contributed by atoms with Crippen molar-refractivity contribution in [1.82, 2.24) is 15.3 Å². The zero-order valence-corrected chi connectivity index (χ0v) is 10.0. The number of amides is 1. The summed E-state index contributed by atoms with van der Waals surface area (Å²) < 4.78 is 0. The van der Waals surface area contributed by atoms with Crippen LogP contribution in [0.3, 0.4) is 0 Å². The van der Waals surface area contributed by atoms with E-state index in [1.54, 1.807) is 0 Å². The van der Waals surface area contributed by atoms with Crippen molar-refractivity contribution in [3.63, 3.8) is 0 Å². The van der Waals surface area contributed by atoms with Gasteiger partial charge in [0.25, 0.3) is 5.56 Å². The van der Waals surface area contributed by atoms with Crippen LogP contribution in [0.15, 0.2) is 10.9 Å². The third kappa shape index (κ3) is 3.49. The molecule has 0 fully saturated rings. The Morgan fingerprint density at radius 3 is 2.62 bits per heavy atom. The molecule has 1 aromatic heterocycles. The largest absolute Gasteiger partial charge is 0.351 e. The van der Waals surface area contributed by atoms with Gasteiger partial charge in [-0.05, 0) is 0 Å². The number of carbonyl (C=O) groups excluding carboxylic acids is 1. The minimum Gasteiger partial charge on any atom is -0.351 e. The summed E-state index contributed by atoms with van der Waals surface area (Å²) in [5, 5.41) is 2.61. The van der Waals surface area contributed by atoms with Gasteiger partial charge in [-0.1, -0.05) is 20.8 Å². The van der Waals surface area contributed by atoms with E-state index >= 15 is 0 Å². The second-order valence-electron chi connectivity index (χ2n) is 4.75. The predicted molar refractivity (Wildman–Crippen MR) is 61.1 cm³/mol. The van der Waals surface area contributed by atoms with Gasteiger partial charge in [0, 0.05) is 18.4 Å². The minimum atomic E-state index is -0.217. The average molecular weight is 223 g/mol. The van der Waals surface area contributed by atoms with Crippen molar-refractivity contribution in [3.8, 4) is 0 Å². The summed E-state index contributed by atoms with van der Waals surface area (Å²) >= 11 is 0. The summed E-state index contributed by atoms with van der Waals surface area (Å²) in [6, 6.07) is 1.39. The highest BCUT2D eigenvalue weighted by molar-refractivity contribution is 5.72. The molecule has 0 aromatic carbocycles. The fraction of sp³-hybridized carbons (Fsp3) is 0.545. The highest BCUT2D eigenvalue weighted by Crippen LogP contribution is 2.16. The number of aromatic amines is 1. The van der Waals surface area contributed by atoms with Crippen molar-refractivity contribution in [1.29, 1.82) is 0 Å². The van der Waals surface area contributed by atoms with Gasteiger partial charge in [0.2, 0.25) is 5.91 Å². The van der Waals surface area contributed by atoms with Gasteiger partial charge >= 0.3 is 0 Å². The van der Waals surface area contributed by atoms with Crippen molar-refractivity contribution >= 4 is 5.91 Å². The lowest BCUT2D eigenvalue weighted by molar-refractivity contribution is -0.119. The van der Waals surface area contributed by atoms with E-state index in [9.17, 15) is 9.59 Å². The van der Waals surface area contributed by atoms with Gasteiger partial charge in [-0.15, -0.1) is 0 Å². The van der Waals surface area contributed by atoms with Crippen LogP contribution >= 0.6 is 0 Å². The number of nitrogens with one attached hydrogen (secondary N) is 2. The quantitative estimate of drug-likeness (QED) is 0.775. The number of hydrogen-bond acceptors (Lipinski definition) is 3. The molecule has 1 amide bonds. The Morgan fingerprint density at radius 1 is 1.50 bits per heavy atom. The summed E-state index contributed by atoms with van der Waals surface area (Å²) in [4.78, 5) is 29.2. The molecule has 0 unspecified atom stereocenters. The molecule has 5 heteroatoms. The van der Waals surface area contributed by atoms with Crippen LogP contribution in [0.4, 0.5) is 0 Å². The second-order valence-corrected chi connectivity index (χ2v) is 4.75. The molecule has 0 saturated carbocycles. The van der Waals surface area contributed by atoms with E-state index < -0.39 is 0 Å². The molecule has 1 rings (SSSR count). The first-order chi connectivity index (χ1) is 7.29. The molecule has 0 atom stereocenters. The van der Waals surface area contributed by atoms with E-state index in [-0.39, 0.29) is 23.4 Å².